The number of furan rings is 1. The third-order valence-corrected chi connectivity index (χ3v) is 3.60. The van der Waals surface area contributed by atoms with Crippen LogP contribution in [0.5, 0.6) is 5.75 Å². The molecule has 2 rings (SSSR count). The Morgan fingerprint density at radius 1 is 1.32 bits per heavy atom. The summed E-state index contributed by atoms with van der Waals surface area (Å²) in [4.78, 5) is 12.5. The van der Waals surface area contributed by atoms with Crippen molar-refractivity contribution in [3.8, 4) is 5.75 Å². The van der Waals surface area contributed by atoms with Gasteiger partial charge in [-0.05, 0) is 24.3 Å². The maximum atomic E-state index is 11.5. The maximum absolute atomic E-state index is 11.5. The zero-order valence-electron chi connectivity index (χ0n) is 10.7. The molecule has 0 bridgehead atoms. The van der Waals surface area contributed by atoms with Gasteiger partial charge in [-0.3, -0.25) is 0 Å². The predicted molar refractivity (Wildman–Crippen MR) is 72.6 cm³/mol. The fourth-order valence-electron chi connectivity index (χ4n) is 1.57. The van der Waals surface area contributed by atoms with Crippen molar-refractivity contribution in [2.75, 3.05) is 14.2 Å². The van der Waals surface area contributed by atoms with Crippen LogP contribution < -0.4 is 4.74 Å². The molecule has 1 aromatic heterocycles. The summed E-state index contributed by atoms with van der Waals surface area (Å²) in [7, 11) is 2.97. The molecule has 0 radical (unpaired) electrons. The van der Waals surface area contributed by atoms with Crippen LogP contribution in [0.15, 0.2) is 45.9 Å². The minimum atomic E-state index is -0.453. The van der Waals surface area contributed by atoms with E-state index in [2.05, 4.69) is 4.74 Å². The number of hydrogen-bond donors (Lipinski definition) is 0. The first-order chi connectivity index (χ1) is 9.24. The van der Waals surface area contributed by atoms with E-state index in [0.29, 0.717) is 5.75 Å². The Kier molecular flexibility index (Phi) is 4.52. The first-order valence-corrected chi connectivity index (χ1v) is 6.64. The lowest BCUT2D eigenvalue weighted by Crippen LogP contribution is -2.02. The largest absolute Gasteiger partial charge is 0.497 e. The summed E-state index contributed by atoms with van der Waals surface area (Å²) in [6, 6.07) is 9.53. The highest BCUT2D eigenvalue weighted by molar-refractivity contribution is 7.98. The fraction of sp³-hybridized carbons (Fsp3) is 0.214. The number of thioether (sulfide) groups is 1. The molecule has 19 heavy (non-hydrogen) atoms. The number of benzene rings is 1. The lowest BCUT2D eigenvalue weighted by atomic mass is 10.3. The minimum absolute atomic E-state index is 0.262. The van der Waals surface area contributed by atoms with Gasteiger partial charge in [0.1, 0.15) is 5.75 Å². The Morgan fingerprint density at radius 2 is 2.16 bits per heavy atom. The molecule has 0 unspecified atom stereocenters. The smallest absolute Gasteiger partial charge is 0.374 e. The van der Waals surface area contributed by atoms with Crippen LogP contribution in [-0.2, 0) is 10.5 Å². The van der Waals surface area contributed by atoms with Crippen LogP contribution in [0.4, 0.5) is 0 Å². The topological polar surface area (TPSA) is 48.7 Å². The Balaban J connectivity index is 2.06. The molecule has 0 aliphatic rings. The Labute approximate surface area is 115 Å². The van der Waals surface area contributed by atoms with Crippen LogP contribution >= 0.6 is 11.8 Å². The number of carbonyl (C=O) groups is 1. The molecule has 0 saturated heterocycles. The van der Waals surface area contributed by atoms with Crippen molar-refractivity contribution in [3.63, 3.8) is 0 Å². The van der Waals surface area contributed by atoms with E-state index in [1.807, 2.05) is 24.3 Å². The van der Waals surface area contributed by atoms with Crippen molar-refractivity contribution in [1.82, 2.24) is 0 Å². The van der Waals surface area contributed by atoms with E-state index in [-0.39, 0.29) is 5.76 Å². The van der Waals surface area contributed by atoms with Gasteiger partial charge in [0.2, 0.25) is 5.76 Å². The standard InChI is InChI=1S/C14H14O4S/c1-16-11-4-3-5-12(8-11)19-9-10-6-7-18-13(10)14(15)17-2/h3-8H,9H2,1-2H3. The van der Waals surface area contributed by atoms with Crippen LogP contribution in [0, 0.1) is 0 Å². The second-order valence-electron chi connectivity index (χ2n) is 3.73. The van der Waals surface area contributed by atoms with Crippen LogP contribution in [-0.4, -0.2) is 20.2 Å². The van der Waals surface area contributed by atoms with Gasteiger partial charge in [0.05, 0.1) is 20.5 Å². The first kappa shape index (κ1) is 13.5. The molecule has 0 aliphatic heterocycles. The van der Waals surface area contributed by atoms with Crippen LogP contribution in [0.3, 0.4) is 0 Å². The molecular weight excluding hydrogens is 264 g/mol. The third kappa shape index (κ3) is 3.32. The van der Waals surface area contributed by atoms with Crippen LogP contribution in [0.2, 0.25) is 0 Å². The highest BCUT2D eigenvalue weighted by Gasteiger charge is 2.15. The average molecular weight is 278 g/mol. The molecule has 0 saturated carbocycles. The Bertz CT molecular complexity index is 562. The molecule has 0 spiro atoms. The molecule has 0 N–H and O–H groups in total. The number of methoxy groups -OCH3 is 2. The molecule has 0 aliphatic carbocycles. The van der Waals surface area contributed by atoms with Crippen molar-refractivity contribution in [1.29, 1.82) is 0 Å². The fourth-order valence-corrected chi connectivity index (χ4v) is 2.50. The molecule has 100 valence electrons. The molecule has 0 amide bonds. The average Bonchev–Trinajstić information content (AvgIpc) is 2.93. The monoisotopic (exact) mass is 278 g/mol. The summed E-state index contributed by atoms with van der Waals surface area (Å²) in [5.74, 6) is 1.25. The Morgan fingerprint density at radius 3 is 2.89 bits per heavy atom. The second-order valence-corrected chi connectivity index (χ2v) is 4.78. The normalized spacial score (nSPS) is 10.2. The van der Waals surface area contributed by atoms with Gasteiger partial charge in [-0.2, -0.15) is 0 Å². The van der Waals surface area contributed by atoms with Gasteiger partial charge < -0.3 is 13.9 Å². The summed E-state index contributed by atoms with van der Waals surface area (Å²) in [5, 5.41) is 0. The zero-order chi connectivity index (χ0) is 13.7. The third-order valence-electron chi connectivity index (χ3n) is 2.55. The summed E-state index contributed by atoms with van der Waals surface area (Å²) in [5.41, 5.74) is 0.819. The molecule has 1 heterocycles. The number of hydrogen-bond acceptors (Lipinski definition) is 5. The van der Waals surface area contributed by atoms with E-state index in [4.69, 9.17) is 9.15 Å². The minimum Gasteiger partial charge on any atom is -0.497 e. The number of carbonyl (C=O) groups excluding carboxylic acids is 1. The molecule has 0 fully saturated rings. The summed E-state index contributed by atoms with van der Waals surface area (Å²) in [6.45, 7) is 0. The van der Waals surface area contributed by atoms with Crippen molar-refractivity contribution in [3.05, 3.63) is 47.9 Å². The second kappa shape index (κ2) is 6.33. The zero-order valence-corrected chi connectivity index (χ0v) is 11.5. The van der Waals surface area contributed by atoms with E-state index in [0.717, 1.165) is 16.2 Å². The highest BCUT2D eigenvalue weighted by atomic mass is 32.2. The van der Waals surface area contributed by atoms with E-state index in [1.54, 1.807) is 24.9 Å². The quantitative estimate of drug-likeness (QED) is 0.620. The van der Waals surface area contributed by atoms with Crippen molar-refractivity contribution in [2.45, 2.75) is 10.6 Å². The maximum Gasteiger partial charge on any atom is 0.374 e. The summed E-state index contributed by atoms with van der Waals surface area (Å²) < 4.78 is 15.0. The lowest BCUT2D eigenvalue weighted by Gasteiger charge is -2.04. The first-order valence-electron chi connectivity index (χ1n) is 5.66. The molecule has 0 atom stereocenters. The van der Waals surface area contributed by atoms with E-state index in [1.165, 1.54) is 13.4 Å². The molecule has 2 aromatic rings. The number of ether oxygens (including phenoxy) is 2. The van der Waals surface area contributed by atoms with Gasteiger partial charge >= 0.3 is 5.97 Å². The van der Waals surface area contributed by atoms with E-state index >= 15 is 0 Å². The van der Waals surface area contributed by atoms with Gasteiger partial charge in [-0.25, -0.2) is 4.79 Å². The van der Waals surface area contributed by atoms with Gasteiger partial charge in [-0.1, -0.05) is 6.07 Å². The van der Waals surface area contributed by atoms with Gasteiger partial charge in [-0.15, -0.1) is 11.8 Å². The van der Waals surface area contributed by atoms with Crippen molar-refractivity contribution in [2.24, 2.45) is 0 Å². The molecular formula is C14H14O4S. The van der Waals surface area contributed by atoms with Crippen LogP contribution in [0.25, 0.3) is 0 Å². The molecule has 1 aromatic carbocycles. The summed E-state index contributed by atoms with van der Waals surface area (Å²) in [6.07, 6.45) is 1.49. The number of rotatable bonds is 5. The van der Waals surface area contributed by atoms with Crippen molar-refractivity contribution < 1.29 is 18.7 Å². The Hall–Kier alpha value is -1.88. The van der Waals surface area contributed by atoms with Gasteiger partial charge in [0.25, 0.3) is 0 Å². The van der Waals surface area contributed by atoms with E-state index in [9.17, 15) is 4.79 Å². The van der Waals surface area contributed by atoms with E-state index < -0.39 is 5.97 Å². The van der Waals surface area contributed by atoms with Crippen molar-refractivity contribution >= 4 is 17.7 Å². The highest BCUT2D eigenvalue weighted by Crippen LogP contribution is 2.27. The SMILES string of the molecule is COC(=O)c1occc1CSc1cccc(OC)c1. The summed E-state index contributed by atoms with van der Waals surface area (Å²) >= 11 is 1.60. The molecule has 4 nitrogen and oxygen atoms in total. The van der Waals surface area contributed by atoms with Crippen LogP contribution in [0.1, 0.15) is 16.1 Å². The predicted octanol–water partition coefficient (Wildman–Crippen LogP) is 3.37. The van der Waals surface area contributed by atoms with Gasteiger partial charge in [0.15, 0.2) is 0 Å². The lowest BCUT2D eigenvalue weighted by molar-refractivity contribution is 0.0564. The van der Waals surface area contributed by atoms with Gasteiger partial charge in [0, 0.05) is 16.2 Å². The molecule has 5 heteroatoms. The number of esters is 1.